The molecule has 0 rings (SSSR count). The lowest BCUT2D eigenvalue weighted by molar-refractivity contribution is -0.145. The average Bonchev–Trinajstić information content (AvgIpc) is 2.11. The van der Waals surface area contributed by atoms with Crippen LogP contribution in [-0.2, 0) is 9.53 Å². The van der Waals surface area contributed by atoms with Crippen LogP contribution >= 0.6 is 15.9 Å². The molecule has 0 amide bonds. The summed E-state index contributed by atoms with van der Waals surface area (Å²) in [6.07, 6.45) is 4.07. The van der Waals surface area contributed by atoms with Crippen molar-refractivity contribution >= 4 is 21.9 Å². The number of esters is 1. The Morgan fingerprint density at radius 2 is 2.17 bits per heavy atom. The minimum atomic E-state index is -0.0629. The zero-order valence-corrected chi connectivity index (χ0v) is 9.39. The van der Waals surface area contributed by atoms with Crippen molar-refractivity contribution in [1.82, 2.24) is 0 Å². The summed E-state index contributed by atoms with van der Waals surface area (Å²) in [5.74, 6) is 0.0427. The first kappa shape index (κ1) is 11.9. The molecule has 0 aliphatic rings. The smallest absolute Gasteiger partial charge is 0.308 e. The summed E-state index contributed by atoms with van der Waals surface area (Å²) < 4.78 is 4.68. The van der Waals surface area contributed by atoms with Crippen LogP contribution in [0.2, 0.25) is 0 Å². The van der Waals surface area contributed by atoms with Crippen molar-refractivity contribution in [1.29, 1.82) is 0 Å². The van der Waals surface area contributed by atoms with Crippen LogP contribution in [0.15, 0.2) is 0 Å². The number of ether oxygens (including phenoxy) is 1. The predicted octanol–water partition coefficient (Wildman–Crippen LogP) is 2.75. The van der Waals surface area contributed by atoms with Gasteiger partial charge in [0.1, 0.15) is 0 Å². The van der Waals surface area contributed by atoms with E-state index in [4.69, 9.17) is 0 Å². The number of rotatable bonds is 6. The van der Waals surface area contributed by atoms with Gasteiger partial charge in [-0.3, -0.25) is 4.79 Å². The molecule has 0 radical (unpaired) electrons. The van der Waals surface area contributed by atoms with Crippen LogP contribution in [0.1, 0.15) is 32.6 Å². The zero-order chi connectivity index (χ0) is 9.40. The Bertz CT molecular complexity index is 126. The first-order chi connectivity index (χ1) is 5.76. The lowest BCUT2D eigenvalue weighted by Crippen LogP contribution is -2.15. The fourth-order valence-electron chi connectivity index (χ4n) is 1.14. The fourth-order valence-corrected chi connectivity index (χ4v) is 1.54. The molecular weight excluding hydrogens is 220 g/mol. The third kappa shape index (κ3) is 4.75. The summed E-state index contributed by atoms with van der Waals surface area (Å²) in [7, 11) is 1.45. The van der Waals surface area contributed by atoms with Gasteiger partial charge in [0.05, 0.1) is 13.0 Å². The van der Waals surface area contributed by atoms with Crippen LogP contribution in [0.3, 0.4) is 0 Å². The molecule has 0 aliphatic carbocycles. The Balaban J connectivity index is 3.60. The minimum absolute atomic E-state index is 0.0629. The van der Waals surface area contributed by atoms with Gasteiger partial charge in [0.2, 0.25) is 0 Å². The summed E-state index contributed by atoms with van der Waals surface area (Å²) in [6, 6.07) is 0. The molecule has 0 heterocycles. The second kappa shape index (κ2) is 7.59. The molecule has 0 aromatic heterocycles. The number of methoxy groups -OCH3 is 1. The number of carbonyl (C=O) groups is 1. The van der Waals surface area contributed by atoms with E-state index in [1.165, 1.54) is 7.11 Å². The summed E-state index contributed by atoms with van der Waals surface area (Å²) in [5, 5.41) is 1.02. The Morgan fingerprint density at radius 1 is 1.50 bits per heavy atom. The molecule has 0 aromatic carbocycles. The van der Waals surface area contributed by atoms with E-state index in [-0.39, 0.29) is 11.9 Å². The second-order valence-corrected chi connectivity index (χ2v) is 3.61. The van der Waals surface area contributed by atoms with Gasteiger partial charge in [-0.25, -0.2) is 0 Å². The average molecular weight is 237 g/mol. The van der Waals surface area contributed by atoms with Crippen LogP contribution in [0.5, 0.6) is 0 Å². The molecule has 3 heteroatoms. The molecule has 12 heavy (non-hydrogen) atoms. The van der Waals surface area contributed by atoms with Crippen LogP contribution in [0, 0.1) is 5.92 Å². The lowest BCUT2D eigenvalue weighted by atomic mass is 10.00. The fraction of sp³-hybridized carbons (Fsp3) is 0.889. The summed E-state index contributed by atoms with van der Waals surface area (Å²) in [5.41, 5.74) is 0. The lowest BCUT2D eigenvalue weighted by Gasteiger charge is -2.10. The van der Waals surface area contributed by atoms with Crippen LogP contribution in [0.25, 0.3) is 0 Å². The molecule has 0 saturated carbocycles. The highest BCUT2D eigenvalue weighted by atomic mass is 79.9. The number of carbonyl (C=O) groups excluding carboxylic acids is 1. The monoisotopic (exact) mass is 236 g/mol. The molecule has 0 fully saturated rings. The van der Waals surface area contributed by atoms with Gasteiger partial charge in [-0.15, -0.1) is 0 Å². The topological polar surface area (TPSA) is 26.3 Å². The largest absolute Gasteiger partial charge is 0.469 e. The maximum Gasteiger partial charge on any atom is 0.308 e. The number of unbranched alkanes of at least 4 members (excludes halogenated alkanes) is 1. The van der Waals surface area contributed by atoms with Crippen molar-refractivity contribution in [2.24, 2.45) is 5.92 Å². The third-order valence-corrected chi connectivity index (χ3v) is 2.52. The molecule has 0 N–H and O–H groups in total. The van der Waals surface area contributed by atoms with Gasteiger partial charge >= 0.3 is 5.97 Å². The highest BCUT2D eigenvalue weighted by Gasteiger charge is 2.15. The maximum absolute atomic E-state index is 11.1. The van der Waals surface area contributed by atoms with Gasteiger partial charge < -0.3 is 4.74 Å². The third-order valence-electron chi connectivity index (χ3n) is 1.96. The molecule has 0 spiro atoms. The summed E-state index contributed by atoms with van der Waals surface area (Å²) in [4.78, 5) is 11.1. The van der Waals surface area contributed by atoms with E-state index in [0.717, 1.165) is 31.0 Å². The SMILES string of the molecule is CCC(CCCCBr)C(=O)OC. The normalized spacial score (nSPS) is 12.6. The maximum atomic E-state index is 11.1. The van der Waals surface area contributed by atoms with E-state index < -0.39 is 0 Å². The zero-order valence-electron chi connectivity index (χ0n) is 7.81. The van der Waals surface area contributed by atoms with E-state index in [9.17, 15) is 4.79 Å². The number of hydrogen-bond donors (Lipinski definition) is 0. The minimum Gasteiger partial charge on any atom is -0.469 e. The number of halogens is 1. The van der Waals surface area contributed by atoms with Crippen LogP contribution in [-0.4, -0.2) is 18.4 Å². The summed E-state index contributed by atoms with van der Waals surface area (Å²) >= 11 is 3.36. The van der Waals surface area contributed by atoms with E-state index in [1.54, 1.807) is 0 Å². The van der Waals surface area contributed by atoms with Crippen molar-refractivity contribution in [3.05, 3.63) is 0 Å². The van der Waals surface area contributed by atoms with Gasteiger partial charge in [0, 0.05) is 5.33 Å². The molecule has 0 aliphatic heterocycles. The van der Waals surface area contributed by atoms with Crippen molar-refractivity contribution in [2.45, 2.75) is 32.6 Å². The molecule has 0 bridgehead atoms. The second-order valence-electron chi connectivity index (χ2n) is 2.81. The first-order valence-corrected chi connectivity index (χ1v) is 5.52. The Morgan fingerprint density at radius 3 is 2.58 bits per heavy atom. The van der Waals surface area contributed by atoms with Crippen LogP contribution in [0.4, 0.5) is 0 Å². The van der Waals surface area contributed by atoms with Gasteiger partial charge in [-0.1, -0.05) is 29.3 Å². The molecule has 72 valence electrons. The van der Waals surface area contributed by atoms with Gasteiger partial charge in [0.25, 0.3) is 0 Å². The van der Waals surface area contributed by atoms with Crippen LogP contribution < -0.4 is 0 Å². The highest BCUT2D eigenvalue weighted by Crippen LogP contribution is 2.14. The molecule has 1 atom stereocenters. The van der Waals surface area contributed by atoms with Gasteiger partial charge in [-0.2, -0.15) is 0 Å². The van der Waals surface area contributed by atoms with Crippen molar-refractivity contribution in [3.63, 3.8) is 0 Å². The van der Waals surface area contributed by atoms with E-state index in [0.29, 0.717) is 0 Å². The van der Waals surface area contributed by atoms with Crippen molar-refractivity contribution < 1.29 is 9.53 Å². The first-order valence-electron chi connectivity index (χ1n) is 4.40. The van der Waals surface area contributed by atoms with Gasteiger partial charge in [0.15, 0.2) is 0 Å². The molecule has 2 nitrogen and oxygen atoms in total. The van der Waals surface area contributed by atoms with E-state index in [1.807, 2.05) is 6.92 Å². The molecule has 0 saturated heterocycles. The van der Waals surface area contributed by atoms with E-state index in [2.05, 4.69) is 20.7 Å². The highest BCUT2D eigenvalue weighted by molar-refractivity contribution is 9.09. The Kier molecular flexibility index (Phi) is 7.56. The standard InChI is InChI=1S/C9H17BrO2/c1-3-8(9(11)12-2)6-4-5-7-10/h8H,3-7H2,1-2H3. The predicted molar refractivity (Wildman–Crippen MR) is 53.4 cm³/mol. The van der Waals surface area contributed by atoms with Crippen molar-refractivity contribution in [2.75, 3.05) is 12.4 Å². The number of hydrogen-bond acceptors (Lipinski definition) is 2. The summed E-state index contributed by atoms with van der Waals surface area (Å²) in [6.45, 7) is 2.02. The quantitative estimate of drug-likeness (QED) is 0.403. The molecule has 0 aromatic rings. The number of alkyl halides is 1. The molecule has 1 unspecified atom stereocenters. The Hall–Kier alpha value is -0.0500. The van der Waals surface area contributed by atoms with Gasteiger partial charge in [-0.05, 0) is 19.3 Å². The van der Waals surface area contributed by atoms with Crippen molar-refractivity contribution in [3.8, 4) is 0 Å². The Labute approximate surface area is 82.8 Å². The molecular formula is C9H17BrO2. The van der Waals surface area contributed by atoms with E-state index >= 15 is 0 Å².